The van der Waals surface area contributed by atoms with Gasteiger partial charge in [0.25, 0.3) is 0 Å². The summed E-state index contributed by atoms with van der Waals surface area (Å²) < 4.78 is 0. The van der Waals surface area contributed by atoms with E-state index in [1.54, 1.807) is 31.7 Å². The molecule has 0 saturated heterocycles. The van der Waals surface area contributed by atoms with Crippen LogP contribution < -0.4 is 5.73 Å². The van der Waals surface area contributed by atoms with Crippen LogP contribution in [0.5, 0.6) is 0 Å². The molecule has 68 valence electrons. The van der Waals surface area contributed by atoms with Crippen LogP contribution in [0.25, 0.3) is 5.70 Å². The van der Waals surface area contributed by atoms with E-state index in [2.05, 4.69) is 9.98 Å². The molecule has 0 saturated carbocycles. The zero-order chi connectivity index (χ0) is 9.68. The minimum atomic E-state index is 0.682. The molecule has 0 aromatic carbocycles. The SMILES string of the molecule is CN=CC=C(N)c1cncc(C)c1. The molecule has 0 spiro atoms. The molecule has 1 heterocycles. The van der Waals surface area contributed by atoms with E-state index in [9.17, 15) is 0 Å². The quantitative estimate of drug-likeness (QED) is 0.690. The Hall–Kier alpha value is -1.64. The van der Waals surface area contributed by atoms with Crippen molar-refractivity contribution >= 4 is 11.9 Å². The molecule has 2 N–H and O–H groups in total. The third-order valence-electron chi connectivity index (χ3n) is 1.61. The molecule has 13 heavy (non-hydrogen) atoms. The van der Waals surface area contributed by atoms with Gasteiger partial charge in [-0.15, -0.1) is 0 Å². The van der Waals surface area contributed by atoms with Gasteiger partial charge in [0.1, 0.15) is 0 Å². The highest BCUT2D eigenvalue weighted by Gasteiger charge is 1.95. The van der Waals surface area contributed by atoms with Gasteiger partial charge >= 0.3 is 0 Å². The number of pyridine rings is 1. The van der Waals surface area contributed by atoms with Crippen molar-refractivity contribution in [2.24, 2.45) is 10.7 Å². The number of aliphatic imine (C=N–C) groups is 1. The number of rotatable bonds is 2. The molecule has 0 aliphatic heterocycles. The maximum atomic E-state index is 5.78. The molecule has 0 atom stereocenters. The summed E-state index contributed by atoms with van der Waals surface area (Å²) in [5.41, 5.74) is 8.49. The van der Waals surface area contributed by atoms with E-state index in [-0.39, 0.29) is 0 Å². The third kappa shape index (κ3) is 2.71. The van der Waals surface area contributed by atoms with Crippen LogP contribution in [0.4, 0.5) is 0 Å². The van der Waals surface area contributed by atoms with Gasteiger partial charge < -0.3 is 5.73 Å². The molecule has 0 unspecified atom stereocenters. The first-order chi connectivity index (χ1) is 6.24. The van der Waals surface area contributed by atoms with Gasteiger partial charge in [0.15, 0.2) is 0 Å². The Morgan fingerprint density at radius 1 is 1.54 bits per heavy atom. The van der Waals surface area contributed by atoms with Gasteiger partial charge in [-0.3, -0.25) is 9.98 Å². The van der Waals surface area contributed by atoms with E-state index in [0.29, 0.717) is 5.70 Å². The number of nitrogens with zero attached hydrogens (tertiary/aromatic N) is 2. The second kappa shape index (κ2) is 4.40. The standard InChI is InChI=1S/C10H13N3/c1-8-5-9(7-13-6-8)10(11)3-4-12-2/h3-7H,11H2,1-2H3. The van der Waals surface area contributed by atoms with Crippen LogP contribution in [-0.2, 0) is 0 Å². The molecule has 0 radical (unpaired) electrons. The molecule has 1 rings (SSSR count). The second-order valence-corrected chi connectivity index (χ2v) is 2.78. The lowest BCUT2D eigenvalue weighted by Gasteiger charge is -2.00. The highest BCUT2D eigenvalue weighted by Crippen LogP contribution is 2.07. The van der Waals surface area contributed by atoms with E-state index >= 15 is 0 Å². The van der Waals surface area contributed by atoms with Gasteiger partial charge in [-0.1, -0.05) is 0 Å². The van der Waals surface area contributed by atoms with E-state index < -0.39 is 0 Å². The molecule has 0 amide bonds. The first-order valence-corrected chi connectivity index (χ1v) is 4.04. The average molecular weight is 175 g/mol. The highest BCUT2D eigenvalue weighted by molar-refractivity contribution is 5.83. The Morgan fingerprint density at radius 3 is 2.92 bits per heavy atom. The molecular formula is C10H13N3. The predicted molar refractivity (Wildman–Crippen MR) is 55.6 cm³/mol. The summed E-state index contributed by atoms with van der Waals surface area (Å²) in [5, 5.41) is 0. The van der Waals surface area contributed by atoms with Crippen LogP contribution in [0.2, 0.25) is 0 Å². The number of hydrogen-bond acceptors (Lipinski definition) is 3. The van der Waals surface area contributed by atoms with Gasteiger partial charge in [0, 0.05) is 36.9 Å². The normalized spacial score (nSPS) is 12.3. The first-order valence-electron chi connectivity index (χ1n) is 4.04. The van der Waals surface area contributed by atoms with Crippen molar-refractivity contribution in [2.45, 2.75) is 6.92 Å². The van der Waals surface area contributed by atoms with Crippen molar-refractivity contribution in [2.75, 3.05) is 7.05 Å². The lowest BCUT2D eigenvalue weighted by molar-refractivity contribution is 1.24. The Bertz CT molecular complexity index is 340. The van der Waals surface area contributed by atoms with E-state index in [1.165, 1.54) is 0 Å². The summed E-state index contributed by atoms with van der Waals surface area (Å²) in [4.78, 5) is 7.87. The van der Waals surface area contributed by atoms with Gasteiger partial charge in [-0.05, 0) is 24.6 Å². The van der Waals surface area contributed by atoms with Crippen LogP contribution in [0.1, 0.15) is 11.1 Å². The number of aromatic nitrogens is 1. The highest BCUT2D eigenvalue weighted by atomic mass is 14.7. The number of aryl methyl sites for hydroxylation is 1. The zero-order valence-corrected chi connectivity index (χ0v) is 7.86. The van der Waals surface area contributed by atoms with Crippen molar-refractivity contribution in [3.8, 4) is 0 Å². The molecule has 1 aromatic rings. The van der Waals surface area contributed by atoms with Crippen molar-refractivity contribution in [1.29, 1.82) is 0 Å². The monoisotopic (exact) mass is 175 g/mol. The molecule has 3 nitrogen and oxygen atoms in total. The molecule has 0 aliphatic carbocycles. The zero-order valence-electron chi connectivity index (χ0n) is 7.86. The Balaban J connectivity index is 2.94. The summed E-state index contributed by atoms with van der Waals surface area (Å²) >= 11 is 0. The van der Waals surface area contributed by atoms with Crippen LogP contribution >= 0.6 is 0 Å². The average Bonchev–Trinajstić information content (AvgIpc) is 2.14. The Kier molecular flexibility index (Phi) is 3.20. The number of hydrogen-bond donors (Lipinski definition) is 1. The van der Waals surface area contributed by atoms with Crippen molar-refractivity contribution in [3.63, 3.8) is 0 Å². The Morgan fingerprint density at radius 2 is 2.31 bits per heavy atom. The molecule has 0 fully saturated rings. The third-order valence-corrected chi connectivity index (χ3v) is 1.61. The fourth-order valence-electron chi connectivity index (χ4n) is 0.964. The number of allylic oxidation sites excluding steroid dienone is 1. The van der Waals surface area contributed by atoms with Crippen molar-refractivity contribution in [1.82, 2.24) is 4.98 Å². The summed E-state index contributed by atoms with van der Waals surface area (Å²) in [6, 6.07) is 1.99. The fourth-order valence-corrected chi connectivity index (χ4v) is 0.964. The van der Waals surface area contributed by atoms with Crippen LogP contribution in [0.15, 0.2) is 29.5 Å². The van der Waals surface area contributed by atoms with Crippen molar-refractivity contribution in [3.05, 3.63) is 35.7 Å². The summed E-state index contributed by atoms with van der Waals surface area (Å²) in [6.45, 7) is 1.98. The van der Waals surface area contributed by atoms with Crippen molar-refractivity contribution < 1.29 is 0 Å². The molecule has 0 bridgehead atoms. The van der Waals surface area contributed by atoms with Crippen LogP contribution in [-0.4, -0.2) is 18.2 Å². The van der Waals surface area contributed by atoms with E-state index in [1.807, 2.05) is 13.0 Å². The minimum absolute atomic E-state index is 0.682. The lowest BCUT2D eigenvalue weighted by atomic mass is 10.2. The summed E-state index contributed by atoms with van der Waals surface area (Å²) in [6.07, 6.45) is 6.96. The number of nitrogens with two attached hydrogens (primary N) is 1. The second-order valence-electron chi connectivity index (χ2n) is 2.78. The predicted octanol–water partition coefficient (Wildman–Crippen LogP) is 1.39. The Labute approximate surface area is 78.0 Å². The summed E-state index contributed by atoms with van der Waals surface area (Å²) in [7, 11) is 1.71. The van der Waals surface area contributed by atoms with Gasteiger partial charge in [-0.25, -0.2) is 0 Å². The van der Waals surface area contributed by atoms with E-state index in [4.69, 9.17) is 5.73 Å². The smallest absolute Gasteiger partial charge is 0.0418 e. The summed E-state index contributed by atoms with van der Waals surface area (Å²) in [5.74, 6) is 0. The topological polar surface area (TPSA) is 51.3 Å². The van der Waals surface area contributed by atoms with Crippen LogP contribution in [0, 0.1) is 6.92 Å². The first kappa shape index (κ1) is 9.45. The fraction of sp³-hybridized carbons (Fsp3) is 0.200. The van der Waals surface area contributed by atoms with Gasteiger partial charge in [-0.2, -0.15) is 0 Å². The minimum Gasteiger partial charge on any atom is -0.398 e. The molecule has 1 aromatic heterocycles. The maximum Gasteiger partial charge on any atom is 0.0418 e. The molecular weight excluding hydrogens is 162 g/mol. The largest absolute Gasteiger partial charge is 0.398 e. The lowest BCUT2D eigenvalue weighted by Crippen LogP contribution is -1.97. The molecule has 3 heteroatoms. The van der Waals surface area contributed by atoms with Crippen LogP contribution in [0.3, 0.4) is 0 Å². The maximum absolute atomic E-state index is 5.78. The van der Waals surface area contributed by atoms with Gasteiger partial charge in [0.2, 0.25) is 0 Å². The van der Waals surface area contributed by atoms with E-state index in [0.717, 1.165) is 11.1 Å². The van der Waals surface area contributed by atoms with Gasteiger partial charge in [0.05, 0.1) is 0 Å². The molecule has 0 aliphatic rings.